The molecule has 1 saturated heterocycles. The number of nitrogens with one attached hydrogen (secondary N) is 2. The third-order valence-electron chi connectivity index (χ3n) is 7.44. The number of ether oxygens (including phenoxy) is 1. The van der Waals surface area contributed by atoms with Gasteiger partial charge < -0.3 is 15.4 Å². The lowest BCUT2D eigenvalue weighted by Gasteiger charge is -2.25. The first kappa shape index (κ1) is 28.0. The fourth-order valence-electron chi connectivity index (χ4n) is 5.38. The summed E-state index contributed by atoms with van der Waals surface area (Å²) in [4.78, 5) is 40.9. The fraction of sp³-hybridized carbons (Fsp3) is 0.621. The van der Waals surface area contributed by atoms with Crippen molar-refractivity contribution in [3.05, 3.63) is 47.7 Å². The van der Waals surface area contributed by atoms with Gasteiger partial charge in [-0.2, -0.15) is 0 Å². The predicted octanol–water partition coefficient (Wildman–Crippen LogP) is 3.83. The Hall–Kier alpha value is -3.07. The molecule has 2 atom stereocenters. The van der Waals surface area contributed by atoms with E-state index in [-0.39, 0.29) is 17.9 Å². The van der Waals surface area contributed by atoms with Gasteiger partial charge in [0.2, 0.25) is 5.91 Å². The number of rotatable bonds is 14. The van der Waals surface area contributed by atoms with Crippen LogP contribution in [0.25, 0.3) is 0 Å². The number of aromatic nitrogens is 3. The highest BCUT2D eigenvalue weighted by molar-refractivity contribution is 5.87. The smallest absolute Gasteiger partial charge is 0.328 e. The van der Waals surface area contributed by atoms with Crippen molar-refractivity contribution in [1.29, 1.82) is 0 Å². The number of hydrogen-bond donors (Lipinski definition) is 2. The summed E-state index contributed by atoms with van der Waals surface area (Å²) in [6.07, 6.45) is 14.1. The first-order valence-corrected chi connectivity index (χ1v) is 14.3. The molecule has 2 aromatic rings. The van der Waals surface area contributed by atoms with Gasteiger partial charge in [0.15, 0.2) is 0 Å². The highest BCUT2D eigenvalue weighted by atomic mass is 16.5. The number of likely N-dealkylation sites (tertiary alicyclic amines) is 1. The summed E-state index contributed by atoms with van der Waals surface area (Å²) in [5, 5.41) is 6.41. The number of fused-ring (bicyclic) bond motifs is 1. The van der Waals surface area contributed by atoms with Gasteiger partial charge in [-0.05, 0) is 76.1 Å². The molecule has 4 rings (SSSR count). The second-order valence-electron chi connectivity index (χ2n) is 10.3. The number of esters is 1. The molecule has 1 amide bonds. The zero-order valence-electron chi connectivity index (χ0n) is 22.7. The molecule has 206 valence electrons. The average molecular weight is 523 g/mol. The molecule has 2 N–H and O–H groups in total. The minimum Gasteiger partial charge on any atom is -0.464 e. The van der Waals surface area contributed by atoms with Crippen molar-refractivity contribution < 1.29 is 14.3 Å². The molecule has 0 spiro atoms. The number of anilines is 1. The van der Waals surface area contributed by atoms with Gasteiger partial charge in [-0.25, -0.2) is 19.7 Å². The Morgan fingerprint density at radius 3 is 2.84 bits per heavy atom. The third kappa shape index (κ3) is 8.21. The summed E-state index contributed by atoms with van der Waals surface area (Å²) in [6, 6.07) is 5.40. The van der Waals surface area contributed by atoms with Crippen LogP contribution in [0.1, 0.15) is 81.7 Å². The quantitative estimate of drug-likeness (QED) is 0.285. The van der Waals surface area contributed by atoms with Crippen LogP contribution in [0.3, 0.4) is 0 Å². The van der Waals surface area contributed by atoms with E-state index in [9.17, 15) is 9.59 Å². The highest BCUT2D eigenvalue weighted by Gasteiger charge is 2.33. The van der Waals surface area contributed by atoms with Crippen molar-refractivity contribution in [2.45, 2.75) is 96.2 Å². The number of hydrogen-bond acceptors (Lipinski definition) is 8. The molecule has 0 aliphatic carbocycles. The summed E-state index contributed by atoms with van der Waals surface area (Å²) in [6.45, 7) is 4.55. The van der Waals surface area contributed by atoms with Crippen molar-refractivity contribution in [3.63, 3.8) is 0 Å². The monoisotopic (exact) mass is 522 g/mol. The van der Waals surface area contributed by atoms with Crippen molar-refractivity contribution in [2.24, 2.45) is 0 Å². The molecule has 0 aromatic carbocycles. The van der Waals surface area contributed by atoms with Gasteiger partial charge in [0.1, 0.15) is 18.2 Å². The standard InChI is InChI=1S/C29H42N6O3/c1-2-38-29(37)25(34-28(36)26-13-9-19-35(26)20-24-16-18-30-21-32-24)12-7-5-3-4-6-11-23-15-14-22-10-8-17-31-27(22)33-23/h14-16,18,21,25-26H,2-13,17,19-20H2,1H3,(H,31,33)(H,34,36)/t25-,26-/m0/s1. The molecular weight excluding hydrogens is 480 g/mol. The van der Waals surface area contributed by atoms with E-state index in [1.54, 1.807) is 13.1 Å². The topological polar surface area (TPSA) is 109 Å². The Kier molecular flexibility index (Phi) is 10.9. The number of carbonyl (C=O) groups excluding carboxylic acids is 2. The van der Waals surface area contributed by atoms with Gasteiger partial charge in [-0.3, -0.25) is 9.69 Å². The third-order valence-corrected chi connectivity index (χ3v) is 7.44. The molecule has 0 bridgehead atoms. The minimum absolute atomic E-state index is 0.0957. The molecule has 1 fully saturated rings. The molecule has 2 aliphatic heterocycles. The Morgan fingerprint density at radius 1 is 1.13 bits per heavy atom. The zero-order chi connectivity index (χ0) is 26.6. The molecule has 0 saturated carbocycles. The Morgan fingerprint density at radius 2 is 2.00 bits per heavy atom. The van der Waals surface area contributed by atoms with E-state index in [4.69, 9.17) is 9.72 Å². The van der Waals surface area contributed by atoms with Gasteiger partial charge in [-0.15, -0.1) is 0 Å². The number of aryl methyl sites for hydroxylation is 2. The van der Waals surface area contributed by atoms with Crippen LogP contribution < -0.4 is 10.6 Å². The minimum atomic E-state index is -0.601. The Balaban J connectivity index is 1.18. The van der Waals surface area contributed by atoms with Gasteiger partial charge in [0, 0.05) is 25.0 Å². The number of unbranched alkanes of at least 4 members (excludes halogenated alkanes) is 4. The number of pyridine rings is 1. The summed E-state index contributed by atoms with van der Waals surface area (Å²) in [5.41, 5.74) is 3.37. The van der Waals surface area contributed by atoms with E-state index >= 15 is 0 Å². The van der Waals surface area contributed by atoms with Gasteiger partial charge in [0.25, 0.3) is 0 Å². The number of carbonyl (C=O) groups is 2. The fourth-order valence-corrected chi connectivity index (χ4v) is 5.38. The Labute approximate surface area is 226 Å². The number of nitrogens with zero attached hydrogens (tertiary/aromatic N) is 4. The van der Waals surface area contributed by atoms with E-state index in [0.29, 0.717) is 19.6 Å². The molecular formula is C29H42N6O3. The summed E-state index contributed by atoms with van der Waals surface area (Å²) < 4.78 is 5.28. The largest absolute Gasteiger partial charge is 0.464 e. The first-order chi connectivity index (χ1) is 18.6. The van der Waals surface area contributed by atoms with E-state index in [2.05, 4.69) is 37.6 Å². The highest BCUT2D eigenvalue weighted by Crippen LogP contribution is 2.22. The summed E-state index contributed by atoms with van der Waals surface area (Å²) >= 11 is 0. The van der Waals surface area contributed by atoms with Crippen LogP contribution in [0, 0.1) is 0 Å². The number of amides is 1. The van der Waals surface area contributed by atoms with Crippen LogP contribution >= 0.6 is 0 Å². The van der Waals surface area contributed by atoms with Gasteiger partial charge >= 0.3 is 5.97 Å². The lowest BCUT2D eigenvalue weighted by Crippen LogP contribution is -2.49. The van der Waals surface area contributed by atoms with Crippen LogP contribution in [0.4, 0.5) is 5.82 Å². The van der Waals surface area contributed by atoms with Gasteiger partial charge in [0.05, 0.1) is 18.3 Å². The maximum Gasteiger partial charge on any atom is 0.328 e. The maximum atomic E-state index is 13.2. The molecule has 9 heteroatoms. The maximum absolute atomic E-state index is 13.2. The van der Waals surface area contributed by atoms with Crippen LogP contribution in [0.15, 0.2) is 30.7 Å². The lowest BCUT2D eigenvalue weighted by atomic mass is 10.0. The van der Waals surface area contributed by atoms with Crippen molar-refractivity contribution in [3.8, 4) is 0 Å². The molecule has 9 nitrogen and oxygen atoms in total. The van der Waals surface area contributed by atoms with Crippen LogP contribution in [0.5, 0.6) is 0 Å². The van der Waals surface area contributed by atoms with Crippen LogP contribution in [-0.2, 0) is 33.7 Å². The van der Waals surface area contributed by atoms with Crippen molar-refractivity contribution >= 4 is 17.7 Å². The molecule has 4 heterocycles. The van der Waals surface area contributed by atoms with E-state index in [1.807, 2.05) is 6.07 Å². The summed E-state index contributed by atoms with van der Waals surface area (Å²) in [5.74, 6) is 0.630. The molecule has 38 heavy (non-hydrogen) atoms. The average Bonchev–Trinajstić information content (AvgIpc) is 3.40. The van der Waals surface area contributed by atoms with Crippen LogP contribution in [0.2, 0.25) is 0 Å². The lowest BCUT2D eigenvalue weighted by molar-refractivity contribution is -0.148. The Bertz CT molecular complexity index is 1030. The molecule has 2 aliphatic rings. The molecule has 0 unspecified atom stereocenters. The van der Waals surface area contributed by atoms with Gasteiger partial charge in [-0.1, -0.05) is 31.7 Å². The zero-order valence-corrected chi connectivity index (χ0v) is 22.7. The van der Waals surface area contributed by atoms with E-state index < -0.39 is 6.04 Å². The molecule has 0 radical (unpaired) electrons. The SMILES string of the molecule is CCOC(=O)[C@H](CCCCCCCc1ccc2c(n1)NCCC2)NC(=O)[C@@H]1CCCN1Cc1ccncn1. The first-order valence-electron chi connectivity index (χ1n) is 14.3. The molecule has 2 aromatic heterocycles. The van der Waals surface area contributed by atoms with E-state index in [1.165, 1.54) is 18.3 Å². The predicted molar refractivity (Wildman–Crippen MR) is 146 cm³/mol. The second kappa shape index (κ2) is 14.8. The normalized spacial score (nSPS) is 17.9. The van der Waals surface area contributed by atoms with E-state index in [0.717, 1.165) is 88.1 Å². The second-order valence-corrected chi connectivity index (χ2v) is 10.3. The van der Waals surface area contributed by atoms with Crippen LogP contribution in [-0.4, -0.2) is 63.5 Å². The van der Waals surface area contributed by atoms with Crippen molar-refractivity contribution in [1.82, 2.24) is 25.2 Å². The summed E-state index contributed by atoms with van der Waals surface area (Å²) in [7, 11) is 0. The van der Waals surface area contributed by atoms with Crippen molar-refractivity contribution in [2.75, 3.05) is 25.0 Å².